The molecule has 7 nitrogen and oxygen atoms in total. The first-order valence-electron chi connectivity index (χ1n) is 6.38. The number of nitrogens with one attached hydrogen (secondary N) is 1. The van der Waals surface area contributed by atoms with E-state index in [1.165, 1.54) is 24.3 Å². The Balaban J connectivity index is 0.00000400. The van der Waals surface area contributed by atoms with E-state index in [9.17, 15) is 14.9 Å². The van der Waals surface area contributed by atoms with Crippen LogP contribution in [0.3, 0.4) is 0 Å². The molecule has 1 aromatic carbocycles. The summed E-state index contributed by atoms with van der Waals surface area (Å²) in [6.45, 7) is 2.62. The van der Waals surface area contributed by atoms with Crippen LogP contribution < -0.4 is 10.1 Å². The number of benzene rings is 1. The van der Waals surface area contributed by atoms with Gasteiger partial charge in [0.25, 0.3) is 5.69 Å². The highest BCUT2D eigenvalue weighted by Gasteiger charge is 2.14. The Morgan fingerprint density at radius 2 is 2.05 bits per heavy atom. The number of non-ortho nitro benzene ring substituents is 1. The van der Waals surface area contributed by atoms with Crippen LogP contribution in [0.2, 0.25) is 0 Å². The Morgan fingerprint density at radius 1 is 1.43 bits per heavy atom. The first-order chi connectivity index (χ1) is 9.54. The van der Waals surface area contributed by atoms with Crippen molar-refractivity contribution in [1.82, 2.24) is 5.32 Å². The van der Waals surface area contributed by atoms with E-state index in [1.807, 2.05) is 6.92 Å². The van der Waals surface area contributed by atoms with Gasteiger partial charge in [-0.3, -0.25) is 14.9 Å². The van der Waals surface area contributed by atoms with Gasteiger partial charge in [-0.1, -0.05) is 13.3 Å². The van der Waals surface area contributed by atoms with E-state index >= 15 is 0 Å². The average molecular weight is 319 g/mol. The number of ether oxygens (including phenoxy) is 1. The molecule has 0 radical (unpaired) electrons. The highest BCUT2D eigenvalue weighted by atomic mass is 35.5. The van der Waals surface area contributed by atoms with Gasteiger partial charge in [0.15, 0.2) is 0 Å². The second-order valence-electron chi connectivity index (χ2n) is 4.23. The van der Waals surface area contributed by atoms with Gasteiger partial charge in [0.2, 0.25) is 0 Å². The summed E-state index contributed by atoms with van der Waals surface area (Å²) < 4.78 is 5.37. The maximum absolute atomic E-state index is 10.9. The number of aliphatic carboxylic acids is 1. The lowest BCUT2D eigenvalue weighted by atomic mass is 10.2. The number of carbonyl (C=O) groups is 1. The standard InChI is InChI=1S/C13H18N2O5.ClH/c1-2-3-12(13(16)17)14-8-9-20-11-6-4-10(5-7-11)15(18)19;/h4-7,12,14H,2-3,8-9H2,1H3,(H,16,17);1H. The van der Waals surface area contributed by atoms with Gasteiger partial charge in [-0.2, -0.15) is 0 Å². The summed E-state index contributed by atoms with van der Waals surface area (Å²) >= 11 is 0. The number of hydrogen-bond acceptors (Lipinski definition) is 5. The van der Waals surface area contributed by atoms with Crippen molar-refractivity contribution in [3.8, 4) is 5.75 Å². The molecule has 0 aromatic heterocycles. The van der Waals surface area contributed by atoms with E-state index in [1.54, 1.807) is 0 Å². The summed E-state index contributed by atoms with van der Waals surface area (Å²) in [5, 5.41) is 22.3. The summed E-state index contributed by atoms with van der Waals surface area (Å²) in [5.41, 5.74) is 0.00404. The lowest BCUT2D eigenvalue weighted by Crippen LogP contribution is -2.38. The molecular formula is C13H19ClN2O5. The van der Waals surface area contributed by atoms with Gasteiger partial charge in [-0.05, 0) is 18.6 Å². The third kappa shape index (κ3) is 6.92. The number of nitrogens with zero attached hydrogens (tertiary/aromatic N) is 1. The topological polar surface area (TPSA) is 102 Å². The fraction of sp³-hybridized carbons (Fsp3) is 0.462. The Kier molecular flexibility index (Phi) is 9.07. The summed E-state index contributed by atoms with van der Waals surface area (Å²) in [6.07, 6.45) is 1.35. The minimum Gasteiger partial charge on any atom is -0.492 e. The quantitative estimate of drug-likeness (QED) is 0.411. The van der Waals surface area contributed by atoms with Crippen LogP contribution in [-0.2, 0) is 4.79 Å². The molecule has 1 atom stereocenters. The Hall–Kier alpha value is -1.86. The Morgan fingerprint density at radius 3 is 2.52 bits per heavy atom. The van der Waals surface area contributed by atoms with Crippen LogP contribution in [-0.4, -0.2) is 35.2 Å². The van der Waals surface area contributed by atoms with Crippen LogP contribution >= 0.6 is 12.4 Å². The molecule has 0 aliphatic carbocycles. The Bertz CT molecular complexity index is 452. The molecule has 21 heavy (non-hydrogen) atoms. The largest absolute Gasteiger partial charge is 0.492 e. The van der Waals surface area contributed by atoms with Crippen molar-refractivity contribution in [1.29, 1.82) is 0 Å². The molecule has 1 aromatic rings. The van der Waals surface area contributed by atoms with Crippen LogP contribution in [0.1, 0.15) is 19.8 Å². The third-order valence-corrected chi connectivity index (χ3v) is 2.68. The zero-order chi connectivity index (χ0) is 15.0. The molecule has 0 saturated carbocycles. The second kappa shape index (κ2) is 9.95. The first kappa shape index (κ1) is 19.1. The highest BCUT2D eigenvalue weighted by molar-refractivity contribution is 5.85. The van der Waals surface area contributed by atoms with Crippen molar-refractivity contribution in [3.63, 3.8) is 0 Å². The van der Waals surface area contributed by atoms with Gasteiger partial charge in [-0.15, -0.1) is 12.4 Å². The van der Waals surface area contributed by atoms with E-state index < -0.39 is 16.9 Å². The second-order valence-corrected chi connectivity index (χ2v) is 4.23. The summed E-state index contributed by atoms with van der Waals surface area (Å²) in [7, 11) is 0. The molecule has 0 heterocycles. The number of carboxylic acids is 1. The highest BCUT2D eigenvalue weighted by Crippen LogP contribution is 2.16. The number of nitro groups is 1. The summed E-state index contributed by atoms with van der Waals surface area (Å²) in [5.74, 6) is -0.359. The van der Waals surface area contributed by atoms with Crippen molar-refractivity contribution >= 4 is 24.1 Å². The molecule has 1 unspecified atom stereocenters. The molecule has 0 fully saturated rings. The van der Waals surface area contributed by atoms with Gasteiger partial charge in [-0.25, -0.2) is 0 Å². The van der Waals surface area contributed by atoms with Crippen molar-refractivity contribution in [2.45, 2.75) is 25.8 Å². The van der Waals surface area contributed by atoms with E-state index in [0.29, 0.717) is 25.3 Å². The maximum atomic E-state index is 10.9. The van der Waals surface area contributed by atoms with Crippen LogP contribution in [0, 0.1) is 10.1 Å². The molecular weight excluding hydrogens is 300 g/mol. The molecule has 0 amide bonds. The van der Waals surface area contributed by atoms with Gasteiger partial charge in [0.05, 0.1) is 4.92 Å². The minimum absolute atomic E-state index is 0. The van der Waals surface area contributed by atoms with Crippen molar-refractivity contribution in [3.05, 3.63) is 34.4 Å². The van der Waals surface area contributed by atoms with Gasteiger partial charge < -0.3 is 15.2 Å². The number of carboxylic acid groups (broad SMARTS) is 1. The zero-order valence-electron chi connectivity index (χ0n) is 11.7. The fourth-order valence-corrected chi connectivity index (χ4v) is 1.67. The van der Waals surface area contributed by atoms with Crippen LogP contribution in [0.4, 0.5) is 5.69 Å². The van der Waals surface area contributed by atoms with E-state index in [0.717, 1.165) is 6.42 Å². The van der Waals surface area contributed by atoms with E-state index in [-0.39, 0.29) is 18.1 Å². The summed E-state index contributed by atoms with van der Waals surface area (Å²) in [6, 6.07) is 5.18. The number of rotatable bonds is 9. The van der Waals surface area contributed by atoms with Gasteiger partial charge >= 0.3 is 5.97 Å². The molecule has 0 aliphatic heterocycles. The number of hydrogen-bond donors (Lipinski definition) is 2. The monoisotopic (exact) mass is 318 g/mol. The van der Waals surface area contributed by atoms with Crippen molar-refractivity contribution in [2.75, 3.05) is 13.2 Å². The smallest absolute Gasteiger partial charge is 0.320 e. The predicted molar refractivity (Wildman–Crippen MR) is 80.2 cm³/mol. The lowest BCUT2D eigenvalue weighted by molar-refractivity contribution is -0.384. The van der Waals surface area contributed by atoms with Gasteiger partial charge in [0, 0.05) is 18.7 Å². The molecule has 0 spiro atoms. The van der Waals surface area contributed by atoms with Crippen molar-refractivity contribution < 1.29 is 19.6 Å². The van der Waals surface area contributed by atoms with Crippen LogP contribution in [0.15, 0.2) is 24.3 Å². The first-order valence-corrected chi connectivity index (χ1v) is 6.38. The molecule has 0 bridgehead atoms. The lowest BCUT2D eigenvalue weighted by Gasteiger charge is -2.13. The molecule has 0 aliphatic rings. The third-order valence-electron chi connectivity index (χ3n) is 2.68. The minimum atomic E-state index is -0.873. The number of nitro benzene ring substituents is 1. The molecule has 0 saturated heterocycles. The number of halogens is 1. The molecule has 2 N–H and O–H groups in total. The van der Waals surface area contributed by atoms with Crippen LogP contribution in [0.25, 0.3) is 0 Å². The molecule has 1 rings (SSSR count). The van der Waals surface area contributed by atoms with Gasteiger partial charge in [0.1, 0.15) is 18.4 Å². The average Bonchev–Trinajstić information content (AvgIpc) is 2.42. The van der Waals surface area contributed by atoms with E-state index in [4.69, 9.17) is 9.84 Å². The zero-order valence-corrected chi connectivity index (χ0v) is 12.5. The SMILES string of the molecule is CCCC(NCCOc1ccc([N+](=O)[O-])cc1)C(=O)O.Cl. The van der Waals surface area contributed by atoms with Crippen molar-refractivity contribution in [2.24, 2.45) is 0 Å². The van der Waals surface area contributed by atoms with E-state index in [2.05, 4.69) is 5.32 Å². The van der Waals surface area contributed by atoms with Crippen LogP contribution in [0.5, 0.6) is 5.75 Å². The molecule has 118 valence electrons. The predicted octanol–water partition coefficient (Wildman–Crippen LogP) is 2.24. The molecule has 8 heteroatoms. The Labute approximate surface area is 128 Å². The normalized spacial score (nSPS) is 11.3. The summed E-state index contributed by atoms with van der Waals surface area (Å²) in [4.78, 5) is 20.9. The maximum Gasteiger partial charge on any atom is 0.320 e. The fourth-order valence-electron chi connectivity index (χ4n) is 1.67.